The van der Waals surface area contributed by atoms with Crippen LogP contribution >= 0.6 is 11.3 Å². The third-order valence-electron chi connectivity index (χ3n) is 4.06. The van der Waals surface area contributed by atoms with Crippen molar-refractivity contribution in [2.45, 2.75) is 46.1 Å². The molecule has 0 radical (unpaired) electrons. The lowest BCUT2D eigenvalue weighted by Gasteiger charge is -2.21. The van der Waals surface area contributed by atoms with Crippen LogP contribution in [0.2, 0.25) is 0 Å². The maximum Gasteiger partial charge on any atom is 0.110 e. The monoisotopic (exact) mass is 286 g/mol. The second-order valence-corrected chi connectivity index (χ2v) is 6.74. The highest BCUT2D eigenvalue weighted by Gasteiger charge is 2.19. The zero-order chi connectivity index (χ0) is 14.1. The molecule has 0 aliphatic carbocycles. The van der Waals surface area contributed by atoms with Crippen molar-refractivity contribution < 1.29 is 0 Å². The number of nitrogens with one attached hydrogen (secondary N) is 1. The highest BCUT2D eigenvalue weighted by atomic mass is 32.1. The molecule has 1 aliphatic rings. The molecule has 3 heteroatoms. The van der Waals surface area contributed by atoms with Gasteiger partial charge in [0.2, 0.25) is 0 Å². The fourth-order valence-corrected chi connectivity index (χ4v) is 4.13. The molecular weight excluding hydrogens is 264 g/mol. The molecule has 1 atom stereocenters. The van der Waals surface area contributed by atoms with Crippen molar-refractivity contribution in [2.24, 2.45) is 0 Å². The third-order valence-corrected chi connectivity index (χ3v) is 5.02. The Kier molecular flexibility index (Phi) is 3.90. The van der Waals surface area contributed by atoms with Gasteiger partial charge in [0, 0.05) is 10.9 Å². The molecule has 1 fully saturated rings. The van der Waals surface area contributed by atoms with Gasteiger partial charge < -0.3 is 5.32 Å². The number of thiazole rings is 1. The molecule has 1 saturated heterocycles. The highest BCUT2D eigenvalue weighted by Crippen LogP contribution is 2.33. The summed E-state index contributed by atoms with van der Waals surface area (Å²) in [7, 11) is 0. The molecule has 0 bridgehead atoms. The number of nitrogens with zero attached hydrogens (tertiary/aromatic N) is 1. The average Bonchev–Trinajstić information content (AvgIpc) is 2.88. The van der Waals surface area contributed by atoms with Crippen LogP contribution in [0.5, 0.6) is 0 Å². The summed E-state index contributed by atoms with van der Waals surface area (Å²) in [4.78, 5) is 4.91. The Balaban J connectivity index is 1.94. The van der Waals surface area contributed by atoms with E-state index in [9.17, 15) is 0 Å². The van der Waals surface area contributed by atoms with Gasteiger partial charge in [0.05, 0.1) is 11.7 Å². The van der Waals surface area contributed by atoms with Crippen LogP contribution in [0.3, 0.4) is 0 Å². The molecule has 0 saturated carbocycles. The standard InChI is InChI=1S/C17H22N2S/c1-11-8-12(2)16(13(3)9-11)15-10-20-17(19-15)14-6-4-5-7-18-14/h8-10,14,18H,4-7H2,1-3H3. The van der Waals surface area contributed by atoms with Crippen LogP contribution in [-0.4, -0.2) is 11.5 Å². The second kappa shape index (κ2) is 5.66. The highest BCUT2D eigenvalue weighted by molar-refractivity contribution is 7.10. The molecule has 3 rings (SSSR count). The van der Waals surface area contributed by atoms with E-state index < -0.39 is 0 Å². The summed E-state index contributed by atoms with van der Waals surface area (Å²) in [6, 6.07) is 4.97. The van der Waals surface area contributed by atoms with Gasteiger partial charge in [0.15, 0.2) is 0 Å². The van der Waals surface area contributed by atoms with E-state index >= 15 is 0 Å². The largest absolute Gasteiger partial charge is 0.308 e. The summed E-state index contributed by atoms with van der Waals surface area (Å²) in [5, 5.41) is 7.05. The number of benzene rings is 1. The minimum atomic E-state index is 0.466. The van der Waals surface area contributed by atoms with Gasteiger partial charge in [-0.15, -0.1) is 11.3 Å². The van der Waals surface area contributed by atoms with Gasteiger partial charge in [0.1, 0.15) is 5.01 Å². The van der Waals surface area contributed by atoms with Crippen LogP contribution in [0.4, 0.5) is 0 Å². The zero-order valence-corrected chi connectivity index (χ0v) is 13.3. The summed E-state index contributed by atoms with van der Waals surface area (Å²) in [5.41, 5.74) is 6.45. The average molecular weight is 286 g/mol. The molecule has 0 amide bonds. The predicted octanol–water partition coefficient (Wildman–Crippen LogP) is 4.55. The number of rotatable bonds is 2. The van der Waals surface area contributed by atoms with Crippen LogP contribution in [-0.2, 0) is 0 Å². The molecule has 1 N–H and O–H groups in total. The maximum atomic E-state index is 4.91. The van der Waals surface area contributed by atoms with Crippen molar-refractivity contribution in [1.29, 1.82) is 0 Å². The third kappa shape index (κ3) is 2.65. The fourth-order valence-electron chi connectivity index (χ4n) is 3.21. The molecule has 1 aromatic heterocycles. The van der Waals surface area contributed by atoms with Crippen molar-refractivity contribution >= 4 is 11.3 Å². The molecule has 1 unspecified atom stereocenters. The quantitative estimate of drug-likeness (QED) is 0.876. The maximum absolute atomic E-state index is 4.91. The second-order valence-electron chi connectivity index (χ2n) is 5.85. The van der Waals surface area contributed by atoms with Gasteiger partial charge in [-0.3, -0.25) is 0 Å². The number of piperidine rings is 1. The van der Waals surface area contributed by atoms with Crippen LogP contribution < -0.4 is 5.32 Å². The van der Waals surface area contributed by atoms with E-state index in [0.717, 1.165) is 12.2 Å². The van der Waals surface area contributed by atoms with Crippen molar-refractivity contribution in [3.8, 4) is 11.3 Å². The Labute approximate surface area is 125 Å². The lowest BCUT2D eigenvalue weighted by molar-refractivity contribution is 0.411. The number of hydrogen-bond donors (Lipinski definition) is 1. The molecular formula is C17H22N2S. The Bertz CT molecular complexity index is 586. The molecule has 0 spiro atoms. The van der Waals surface area contributed by atoms with E-state index in [2.05, 4.69) is 43.6 Å². The predicted molar refractivity (Wildman–Crippen MR) is 86.4 cm³/mol. The van der Waals surface area contributed by atoms with E-state index in [1.54, 1.807) is 11.3 Å². The molecule has 1 aromatic carbocycles. The molecule has 106 valence electrons. The van der Waals surface area contributed by atoms with Gasteiger partial charge in [-0.25, -0.2) is 4.98 Å². The molecule has 2 aromatic rings. The number of aryl methyl sites for hydroxylation is 3. The fraction of sp³-hybridized carbons (Fsp3) is 0.471. The lowest BCUT2D eigenvalue weighted by atomic mass is 9.98. The van der Waals surface area contributed by atoms with Gasteiger partial charge >= 0.3 is 0 Å². The van der Waals surface area contributed by atoms with Gasteiger partial charge in [-0.2, -0.15) is 0 Å². The Morgan fingerprint density at radius 2 is 1.90 bits per heavy atom. The molecule has 20 heavy (non-hydrogen) atoms. The Hall–Kier alpha value is -1.19. The van der Waals surface area contributed by atoms with Gasteiger partial charge in [-0.05, 0) is 51.3 Å². The first-order valence-electron chi connectivity index (χ1n) is 7.42. The van der Waals surface area contributed by atoms with E-state index in [1.807, 2.05) is 0 Å². The lowest BCUT2D eigenvalue weighted by Crippen LogP contribution is -2.26. The first-order valence-corrected chi connectivity index (χ1v) is 8.30. The Morgan fingerprint density at radius 3 is 2.55 bits per heavy atom. The van der Waals surface area contributed by atoms with Crippen LogP contribution in [0.15, 0.2) is 17.5 Å². The topological polar surface area (TPSA) is 24.9 Å². The van der Waals surface area contributed by atoms with Crippen LogP contribution in [0.1, 0.15) is 47.0 Å². The molecule has 2 nitrogen and oxygen atoms in total. The molecule has 2 heterocycles. The minimum absolute atomic E-state index is 0.466. The van der Waals surface area contributed by atoms with Crippen LogP contribution in [0, 0.1) is 20.8 Å². The van der Waals surface area contributed by atoms with Gasteiger partial charge in [-0.1, -0.05) is 24.1 Å². The minimum Gasteiger partial charge on any atom is -0.308 e. The molecule has 1 aliphatic heterocycles. The number of hydrogen-bond acceptors (Lipinski definition) is 3. The van der Waals surface area contributed by atoms with Crippen LogP contribution in [0.25, 0.3) is 11.3 Å². The summed E-state index contributed by atoms with van der Waals surface area (Å²) >= 11 is 1.80. The summed E-state index contributed by atoms with van der Waals surface area (Å²) in [6.07, 6.45) is 3.83. The normalized spacial score (nSPS) is 19.2. The summed E-state index contributed by atoms with van der Waals surface area (Å²) in [6.45, 7) is 7.66. The van der Waals surface area contributed by atoms with E-state index in [0.29, 0.717) is 6.04 Å². The SMILES string of the molecule is Cc1cc(C)c(-c2csc(C3CCCCN3)n2)c(C)c1. The van der Waals surface area contributed by atoms with E-state index in [-0.39, 0.29) is 0 Å². The number of aromatic nitrogens is 1. The summed E-state index contributed by atoms with van der Waals surface area (Å²) in [5.74, 6) is 0. The first-order chi connectivity index (χ1) is 9.65. The van der Waals surface area contributed by atoms with Crippen molar-refractivity contribution in [3.63, 3.8) is 0 Å². The first kappa shape index (κ1) is 13.8. The van der Waals surface area contributed by atoms with Crippen molar-refractivity contribution in [1.82, 2.24) is 10.3 Å². The van der Waals surface area contributed by atoms with Gasteiger partial charge in [0.25, 0.3) is 0 Å². The van der Waals surface area contributed by atoms with E-state index in [1.165, 1.54) is 46.5 Å². The Morgan fingerprint density at radius 1 is 1.15 bits per heavy atom. The van der Waals surface area contributed by atoms with E-state index in [4.69, 9.17) is 4.98 Å². The van der Waals surface area contributed by atoms with Crippen molar-refractivity contribution in [3.05, 3.63) is 39.2 Å². The summed E-state index contributed by atoms with van der Waals surface area (Å²) < 4.78 is 0. The van der Waals surface area contributed by atoms with Crippen molar-refractivity contribution in [2.75, 3.05) is 6.54 Å². The zero-order valence-electron chi connectivity index (χ0n) is 12.5. The smallest absolute Gasteiger partial charge is 0.110 e.